The quantitative estimate of drug-likeness (QED) is 0.209. The van der Waals surface area contributed by atoms with Crippen molar-refractivity contribution in [3.05, 3.63) is 120 Å². The summed E-state index contributed by atoms with van der Waals surface area (Å²) in [5, 5.41) is 5.27. The van der Waals surface area contributed by atoms with Gasteiger partial charge >= 0.3 is 0 Å². The van der Waals surface area contributed by atoms with Crippen LogP contribution in [0.4, 0.5) is 0 Å². The maximum atomic E-state index is 6.00. The Morgan fingerprint density at radius 2 is 0.925 bits per heavy atom. The summed E-state index contributed by atoms with van der Waals surface area (Å²) in [6, 6.07) is 30.9. The molecule has 0 fully saturated rings. The zero-order valence-corrected chi connectivity index (χ0v) is 22.3. The molecule has 0 aliphatic carbocycles. The van der Waals surface area contributed by atoms with Crippen LogP contribution in [0.3, 0.4) is 0 Å². The van der Waals surface area contributed by atoms with Gasteiger partial charge in [0.25, 0.3) is 0 Å². The van der Waals surface area contributed by atoms with E-state index in [4.69, 9.17) is 32.0 Å². The summed E-state index contributed by atoms with van der Waals surface area (Å²) < 4.78 is 11.5. The van der Waals surface area contributed by atoms with Crippen LogP contribution in [-0.4, -0.2) is 19.9 Å². The number of hydrogen-bond acceptors (Lipinski definition) is 6. The minimum atomic E-state index is 0.540. The van der Waals surface area contributed by atoms with Crippen molar-refractivity contribution in [1.29, 1.82) is 0 Å². The molecule has 8 aromatic rings. The number of nitrogens with zero attached hydrogens (tertiary/aromatic N) is 4. The number of rotatable bonds is 2. The van der Waals surface area contributed by atoms with Gasteiger partial charge in [0, 0.05) is 55.1 Å². The lowest BCUT2D eigenvalue weighted by Crippen LogP contribution is -1.79. The Labute approximate surface area is 237 Å². The van der Waals surface area contributed by atoms with Crippen LogP contribution in [0.2, 0.25) is 10.0 Å². The van der Waals surface area contributed by atoms with E-state index >= 15 is 0 Å². The highest BCUT2D eigenvalue weighted by molar-refractivity contribution is 6.32. The lowest BCUT2D eigenvalue weighted by molar-refractivity contribution is 0.607. The zero-order chi connectivity index (χ0) is 27.1. The lowest BCUT2D eigenvalue weighted by Gasteiger charge is -1.97. The topological polar surface area (TPSA) is 77.8 Å². The SMILES string of the molecule is Clc1ccc2c(cnc3oc(-c4ccccc4)nc32)c1.Clc1ccc2c(cnc3oc(-c4ccccc4)nc32)c1. The van der Waals surface area contributed by atoms with Gasteiger partial charge in [-0.1, -0.05) is 71.7 Å². The van der Waals surface area contributed by atoms with Crippen LogP contribution in [-0.2, 0) is 0 Å². The molecule has 0 saturated heterocycles. The van der Waals surface area contributed by atoms with E-state index in [0.717, 1.165) is 43.7 Å². The van der Waals surface area contributed by atoms with E-state index in [9.17, 15) is 0 Å². The molecule has 4 heterocycles. The van der Waals surface area contributed by atoms with Crippen molar-refractivity contribution in [3.8, 4) is 22.9 Å². The predicted molar refractivity (Wildman–Crippen MR) is 160 cm³/mol. The number of oxazole rings is 2. The van der Waals surface area contributed by atoms with Crippen LogP contribution in [0.1, 0.15) is 0 Å². The number of aromatic nitrogens is 4. The summed E-state index contributed by atoms with van der Waals surface area (Å²) in [5.74, 6) is 1.16. The Bertz CT molecular complexity index is 1990. The molecule has 40 heavy (non-hydrogen) atoms. The third-order valence-electron chi connectivity index (χ3n) is 6.44. The second-order valence-corrected chi connectivity index (χ2v) is 9.93. The summed E-state index contributed by atoms with van der Waals surface area (Å²) >= 11 is 12.0. The first-order chi connectivity index (χ1) is 19.6. The van der Waals surface area contributed by atoms with E-state index in [1.54, 1.807) is 12.4 Å². The van der Waals surface area contributed by atoms with Crippen molar-refractivity contribution in [2.45, 2.75) is 0 Å². The summed E-state index contributed by atoms with van der Waals surface area (Å²) in [6.45, 7) is 0. The Hall–Kier alpha value is -4.78. The average molecular weight is 561 g/mol. The molecule has 0 bridgehead atoms. The Balaban J connectivity index is 0.000000132. The van der Waals surface area contributed by atoms with E-state index < -0.39 is 0 Å². The van der Waals surface area contributed by atoms with Crippen molar-refractivity contribution in [3.63, 3.8) is 0 Å². The van der Waals surface area contributed by atoms with Gasteiger partial charge in [0.15, 0.2) is 0 Å². The van der Waals surface area contributed by atoms with Gasteiger partial charge in [-0.2, -0.15) is 0 Å². The van der Waals surface area contributed by atoms with Crippen LogP contribution in [0.15, 0.2) is 118 Å². The van der Waals surface area contributed by atoms with Gasteiger partial charge < -0.3 is 8.83 Å². The molecule has 192 valence electrons. The first-order valence-corrected chi connectivity index (χ1v) is 13.2. The summed E-state index contributed by atoms with van der Waals surface area (Å²) in [6.07, 6.45) is 3.51. The second kappa shape index (κ2) is 10.1. The van der Waals surface area contributed by atoms with E-state index in [2.05, 4.69) is 19.9 Å². The number of pyridine rings is 2. The molecule has 0 amide bonds. The highest BCUT2D eigenvalue weighted by Crippen LogP contribution is 2.30. The summed E-state index contributed by atoms with van der Waals surface area (Å²) in [7, 11) is 0. The first kappa shape index (κ1) is 24.3. The molecule has 8 rings (SSSR count). The fourth-order valence-electron chi connectivity index (χ4n) is 4.53. The van der Waals surface area contributed by atoms with E-state index in [-0.39, 0.29) is 0 Å². The molecule has 0 radical (unpaired) electrons. The van der Waals surface area contributed by atoms with E-state index in [1.807, 2.05) is 97.1 Å². The lowest BCUT2D eigenvalue weighted by atomic mass is 10.1. The average Bonchev–Trinajstić information content (AvgIpc) is 3.63. The van der Waals surface area contributed by atoms with Gasteiger partial charge in [0.1, 0.15) is 11.0 Å². The fourth-order valence-corrected chi connectivity index (χ4v) is 4.89. The van der Waals surface area contributed by atoms with Crippen molar-refractivity contribution in [2.75, 3.05) is 0 Å². The fraction of sp³-hybridized carbons (Fsp3) is 0. The van der Waals surface area contributed by atoms with Crippen LogP contribution >= 0.6 is 23.2 Å². The largest absolute Gasteiger partial charge is 0.418 e. The minimum absolute atomic E-state index is 0.540. The minimum Gasteiger partial charge on any atom is -0.418 e. The third-order valence-corrected chi connectivity index (χ3v) is 6.91. The molecule has 4 aromatic carbocycles. The molecular weight excluding hydrogens is 543 g/mol. The van der Waals surface area contributed by atoms with Crippen LogP contribution in [0, 0.1) is 0 Å². The van der Waals surface area contributed by atoms with Crippen molar-refractivity contribution < 1.29 is 8.83 Å². The highest BCUT2D eigenvalue weighted by atomic mass is 35.5. The van der Waals surface area contributed by atoms with Gasteiger partial charge in [-0.3, -0.25) is 0 Å². The maximum absolute atomic E-state index is 6.00. The van der Waals surface area contributed by atoms with E-state index in [1.165, 1.54) is 0 Å². The molecule has 0 N–H and O–H groups in total. The van der Waals surface area contributed by atoms with Crippen LogP contribution in [0.5, 0.6) is 0 Å². The number of fused-ring (bicyclic) bond motifs is 6. The van der Waals surface area contributed by atoms with Crippen LogP contribution in [0.25, 0.3) is 66.9 Å². The molecule has 0 unspecified atom stereocenters. The van der Waals surface area contributed by atoms with Crippen molar-refractivity contribution >= 4 is 67.2 Å². The molecule has 6 nitrogen and oxygen atoms in total. The Kier molecular flexibility index (Phi) is 6.11. The molecule has 0 atom stereocenters. The van der Waals surface area contributed by atoms with Crippen molar-refractivity contribution in [1.82, 2.24) is 19.9 Å². The number of benzene rings is 4. The smallest absolute Gasteiger partial charge is 0.248 e. The Morgan fingerprint density at radius 1 is 0.500 bits per heavy atom. The van der Waals surface area contributed by atoms with Crippen molar-refractivity contribution in [2.24, 2.45) is 0 Å². The summed E-state index contributed by atoms with van der Waals surface area (Å²) in [4.78, 5) is 17.8. The van der Waals surface area contributed by atoms with Gasteiger partial charge in [-0.15, -0.1) is 0 Å². The molecule has 0 saturated carbocycles. The third kappa shape index (κ3) is 4.53. The monoisotopic (exact) mass is 560 g/mol. The second-order valence-electron chi connectivity index (χ2n) is 9.06. The molecule has 0 aliphatic rings. The molecule has 0 spiro atoms. The first-order valence-electron chi connectivity index (χ1n) is 12.4. The van der Waals surface area contributed by atoms with Gasteiger partial charge in [0.2, 0.25) is 23.2 Å². The standard InChI is InChI=1S/2C16H9ClN2O/c2*17-12-6-7-13-11(8-12)9-18-16-14(13)19-15(20-16)10-4-2-1-3-5-10/h2*1-9H. The van der Waals surface area contributed by atoms with Crippen LogP contribution < -0.4 is 0 Å². The molecule has 8 heteroatoms. The van der Waals surface area contributed by atoms with Gasteiger partial charge in [-0.25, -0.2) is 19.9 Å². The number of hydrogen-bond donors (Lipinski definition) is 0. The normalized spacial score (nSPS) is 11.2. The highest BCUT2D eigenvalue weighted by Gasteiger charge is 2.13. The van der Waals surface area contributed by atoms with E-state index in [0.29, 0.717) is 33.3 Å². The predicted octanol–water partition coefficient (Wildman–Crippen LogP) is 9.39. The molecule has 0 aliphatic heterocycles. The zero-order valence-electron chi connectivity index (χ0n) is 20.8. The summed E-state index contributed by atoms with van der Waals surface area (Å²) in [5.41, 5.74) is 4.48. The molecular formula is C32H18Cl2N4O2. The van der Waals surface area contributed by atoms with Gasteiger partial charge in [-0.05, 0) is 48.5 Å². The number of halogens is 2. The maximum Gasteiger partial charge on any atom is 0.248 e. The van der Waals surface area contributed by atoms with Gasteiger partial charge in [0.05, 0.1) is 0 Å². The molecule has 4 aromatic heterocycles. The Morgan fingerprint density at radius 3 is 1.35 bits per heavy atom.